The third-order valence-electron chi connectivity index (χ3n) is 2.84. The summed E-state index contributed by atoms with van der Waals surface area (Å²) in [5.41, 5.74) is 8.46. The highest BCUT2D eigenvalue weighted by Gasteiger charge is 2.06. The quantitative estimate of drug-likeness (QED) is 0.839. The van der Waals surface area contributed by atoms with E-state index in [0.29, 0.717) is 18.7 Å². The summed E-state index contributed by atoms with van der Waals surface area (Å²) in [4.78, 5) is 16.5. The molecule has 0 aliphatic heterocycles. The number of nitrogens with two attached hydrogens (primary N) is 1. The van der Waals surface area contributed by atoms with Crippen LogP contribution in [0.5, 0.6) is 0 Å². The molecule has 0 saturated heterocycles. The smallest absolute Gasteiger partial charge is 0.251 e. The van der Waals surface area contributed by atoms with Crippen molar-refractivity contribution in [3.63, 3.8) is 0 Å². The van der Waals surface area contributed by atoms with Gasteiger partial charge in [-0.3, -0.25) is 9.78 Å². The largest absolute Gasteiger partial charge is 0.346 e. The number of amides is 1. The number of carbonyl (C=O) groups is 1. The molecule has 0 aliphatic rings. The van der Waals surface area contributed by atoms with E-state index in [0.717, 1.165) is 17.0 Å². The molecule has 1 aromatic carbocycles. The van der Waals surface area contributed by atoms with Crippen molar-refractivity contribution >= 4 is 5.91 Å². The first-order valence-corrected chi connectivity index (χ1v) is 6.69. The summed E-state index contributed by atoms with van der Waals surface area (Å²) in [6.45, 7) is 2.62. The zero-order valence-electron chi connectivity index (χ0n) is 11.9. The number of carbonyl (C=O) groups excluding carboxylic acids is 1. The highest BCUT2D eigenvalue weighted by atomic mass is 16.1. The van der Waals surface area contributed by atoms with Crippen molar-refractivity contribution < 1.29 is 4.79 Å². The molecule has 0 aliphatic carbocycles. The van der Waals surface area contributed by atoms with Crippen LogP contribution in [0.15, 0.2) is 42.5 Å². The number of hydrogen-bond donors (Lipinski definition) is 2. The lowest BCUT2D eigenvalue weighted by Gasteiger charge is -2.06. The van der Waals surface area contributed by atoms with Crippen molar-refractivity contribution in [3.8, 4) is 11.8 Å². The van der Waals surface area contributed by atoms with Crippen LogP contribution in [0, 0.1) is 18.8 Å². The maximum Gasteiger partial charge on any atom is 0.251 e. The number of hydrogen-bond acceptors (Lipinski definition) is 3. The van der Waals surface area contributed by atoms with E-state index < -0.39 is 0 Å². The SMILES string of the molecule is Cc1cccc(CNC(=O)c2cccc(C#CCN)c2)n1. The standard InChI is InChI=1S/C17H17N3O/c1-13-5-2-9-16(20-13)12-19-17(21)15-8-3-6-14(11-15)7-4-10-18/h2-3,5-6,8-9,11H,10,12,18H2,1H3,(H,19,21). The molecule has 4 nitrogen and oxygen atoms in total. The Morgan fingerprint density at radius 2 is 2.10 bits per heavy atom. The van der Waals surface area contributed by atoms with Crippen LogP contribution in [-0.4, -0.2) is 17.4 Å². The average molecular weight is 279 g/mol. The van der Waals surface area contributed by atoms with Crippen molar-refractivity contribution in [3.05, 3.63) is 65.0 Å². The monoisotopic (exact) mass is 279 g/mol. The van der Waals surface area contributed by atoms with E-state index in [1.807, 2.05) is 31.2 Å². The first-order chi connectivity index (χ1) is 10.2. The van der Waals surface area contributed by atoms with E-state index in [1.165, 1.54) is 0 Å². The molecular formula is C17H17N3O. The predicted octanol–water partition coefficient (Wildman–Crippen LogP) is 1.63. The molecule has 3 N–H and O–H groups in total. The number of pyridine rings is 1. The Morgan fingerprint density at radius 1 is 1.29 bits per heavy atom. The van der Waals surface area contributed by atoms with Gasteiger partial charge in [-0.05, 0) is 37.3 Å². The summed E-state index contributed by atoms with van der Waals surface area (Å²) < 4.78 is 0. The van der Waals surface area contributed by atoms with E-state index in [1.54, 1.807) is 18.2 Å². The predicted molar refractivity (Wildman–Crippen MR) is 82.5 cm³/mol. The van der Waals surface area contributed by atoms with E-state index in [2.05, 4.69) is 22.1 Å². The number of nitrogens with zero attached hydrogens (tertiary/aromatic N) is 1. The molecule has 0 atom stereocenters. The lowest BCUT2D eigenvalue weighted by molar-refractivity contribution is 0.0950. The Morgan fingerprint density at radius 3 is 2.86 bits per heavy atom. The van der Waals surface area contributed by atoms with Crippen LogP contribution in [-0.2, 0) is 6.54 Å². The summed E-state index contributed by atoms with van der Waals surface area (Å²) >= 11 is 0. The van der Waals surface area contributed by atoms with Gasteiger partial charge in [0.1, 0.15) is 0 Å². The number of rotatable bonds is 3. The molecule has 0 bridgehead atoms. The number of aromatic nitrogens is 1. The van der Waals surface area contributed by atoms with Gasteiger partial charge in [0.25, 0.3) is 5.91 Å². The van der Waals surface area contributed by atoms with Crippen LogP contribution in [0.25, 0.3) is 0 Å². The van der Waals surface area contributed by atoms with Gasteiger partial charge in [-0.2, -0.15) is 0 Å². The molecule has 1 heterocycles. The fraction of sp³-hybridized carbons (Fsp3) is 0.176. The molecule has 21 heavy (non-hydrogen) atoms. The Bertz CT molecular complexity index is 698. The van der Waals surface area contributed by atoms with Gasteiger partial charge in [0.2, 0.25) is 0 Å². The van der Waals surface area contributed by atoms with Gasteiger partial charge in [-0.25, -0.2) is 0 Å². The van der Waals surface area contributed by atoms with E-state index in [4.69, 9.17) is 5.73 Å². The van der Waals surface area contributed by atoms with Gasteiger partial charge in [0.05, 0.1) is 18.8 Å². The Balaban J connectivity index is 2.03. The maximum atomic E-state index is 12.1. The molecule has 0 spiro atoms. The van der Waals surface area contributed by atoms with E-state index in [-0.39, 0.29) is 5.91 Å². The lowest BCUT2D eigenvalue weighted by atomic mass is 10.1. The molecule has 1 aromatic heterocycles. The van der Waals surface area contributed by atoms with Crippen molar-refractivity contribution in [1.29, 1.82) is 0 Å². The first-order valence-electron chi connectivity index (χ1n) is 6.69. The fourth-order valence-electron chi connectivity index (χ4n) is 1.86. The molecule has 2 aromatic rings. The second kappa shape index (κ2) is 7.22. The van der Waals surface area contributed by atoms with E-state index in [9.17, 15) is 4.79 Å². The third kappa shape index (κ3) is 4.44. The summed E-state index contributed by atoms with van der Waals surface area (Å²) in [7, 11) is 0. The summed E-state index contributed by atoms with van der Waals surface area (Å²) in [5, 5.41) is 2.85. The minimum atomic E-state index is -0.144. The summed E-state index contributed by atoms with van der Waals surface area (Å²) in [5.74, 6) is 5.54. The number of nitrogens with one attached hydrogen (secondary N) is 1. The summed E-state index contributed by atoms with van der Waals surface area (Å²) in [6, 6.07) is 12.9. The summed E-state index contributed by atoms with van der Waals surface area (Å²) in [6.07, 6.45) is 0. The third-order valence-corrected chi connectivity index (χ3v) is 2.84. The number of benzene rings is 1. The highest BCUT2D eigenvalue weighted by molar-refractivity contribution is 5.94. The maximum absolute atomic E-state index is 12.1. The average Bonchev–Trinajstić information content (AvgIpc) is 2.51. The van der Waals surface area contributed by atoms with Crippen LogP contribution >= 0.6 is 0 Å². The molecular weight excluding hydrogens is 262 g/mol. The molecule has 2 rings (SSSR count). The van der Waals surface area contributed by atoms with Gasteiger partial charge in [-0.15, -0.1) is 0 Å². The van der Waals surface area contributed by atoms with Crippen molar-refractivity contribution in [2.24, 2.45) is 5.73 Å². The van der Waals surface area contributed by atoms with Crippen molar-refractivity contribution in [2.75, 3.05) is 6.54 Å². The molecule has 0 saturated carbocycles. The molecule has 1 amide bonds. The zero-order valence-corrected chi connectivity index (χ0v) is 11.9. The lowest BCUT2D eigenvalue weighted by Crippen LogP contribution is -2.23. The van der Waals surface area contributed by atoms with Crippen LogP contribution < -0.4 is 11.1 Å². The fourth-order valence-corrected chi connectivity index (χ4v) is 1.86. The second-order valence-electron chi connectivity index (χ2n) is 4.54. The second-order valence-corrected chi connectivity index (χ2v) is 4.54. The minimum absolute atomic E-state index is 0.144. The molecule has 0 unspecified atom stereocenters. The molecule has 0 fully saturated rings. The van der Waals surface area contributed by atoms with Gasteiger partial charge in [0.15, 0.2) is 0 Å². The van der Waals surface area contributed by atoms with Crippen molar-refractivity contribution in [1.82, 2.24) is 10.3 Å². The van der Waals surface area contributed by atoms with Crippen LogP contribution in [0.3, 0.4) is 0 Å². The molecule has 106 valence electrons. The molecule has 4 heteroatoms. The topological polar surface area (TPSA) is 68.0 Å². The van der Waals surface area contributed by atoms with Gasteiger partial charge in [0, 0.05) is 16.8 Å². The first kappa shape index (κ1) is 14.8. The van der Waals surface area contributed by atoms with Crippen LogP contribution in [0.1, 0.15) is 27.3 Å². The Kier molecular flexibility index (Phi) is 5.08. The Hall–Kier alpha value is -2.64. The van der Waals surface area contributed by atoms with E-state index >= 15 is 0 Å². The van der Waals surface area contributed by atoms with Gasteiger partial charge >= 0.3 is 0 Å². The highest BCUT2D eigenvalue weighted by Crippen LogP contribution is 2.05. The minimum Gasteiger partial charge on any atom is -0.346 e. The Labute approximate surface area is 124 Å². The molecule has 0 radical (unpaired) electrons. The number of aryl methyl sites for hydroxylation is 1. The van der Waals surface area contributed by atoms with Crippen LogP contribution in [0.2, 0.25) is 0 Å². The van der Waals surface area contributed by atoms with Gasteiger partial charge < -0.3 is 11.1 Å². The zero-order chi connectivity index (χ0) is 15.1. The van der Waals surface area contributed by atoms with Gasteiger partial charge in [-0.1, -0.05) is 24.0 Å². The van der Waals surface area contributed by atoms with Crippen LogP contribution in [0.4, 0.5) is 0 Å². The normalized spacial score (nSPS) is 9.62. The van der Waals surface area contributed by atoms with Crippen molar-refractivity contribution in [2.45, 2.75) is 13.5 Å².